The Morgan fingerprint density at radius 2 is 0.773 bits per heavy atom. The highest BCUT2D eigenvalue weighted by molar-refractivity contribution is 8.93. The van der Waals surface area contributed by atoms with E-state index in [2.05, 4.69) is 28.1 Å². The van der Waals surface area contributed by atoms with Gasteiger partial charge in [-0.15, -0.1) is 17.0 Å². The summed E-state index contributed by atoms with van der Waals surface area (Å²) in [5.74, 6) is 0. The normalized spacial score (nSPS) is 10.9. The molecule has 0 aliphatic rings. The highest BCUT2D eigenvalue weighted by Gasteiger charge is 2.04. The van der Waals surface area contributed by atoms with Crippen molar-refractivity contribution in [2.24, 2.45) is 0 Å². The number of nitrogens with zero attached hydrogens (tertiary/aromatic N) is 1. The second-order valence-electron chi connectivity index (χ2n) is 7.61. The van der Waals surface area contributed by atoms with E-state index in [9.17, 15) is 0 Å². The average Bonchev–Trinajstić information content (AvgIpc) is 2.38. The Balaban J connectivity index is -0.00000180. The molecular formula is C19H46BrN2+. The van der Waals surface area contributed by atoms with Crippen LogP contribution in [0.2, 0.25) is 0 Å². The lowest BCUT2D eigenvalue weighted by Crippen LogP contribution is -2.35. The highest BCUT2D eigenvalue weighted by atomic mass is 79.9. The van der Waals surface area contributed by atoms with Crippen LogP contribution in [-0.2, 0) is 0 Å². The van der Waals surface area contributed by atoms with E-state index in [1.807, 2.05) is 0 Å². The van der Waals surface area contributed by atoms with E-state index in [1.54, 1.807) is 0 Å². The number of unbranched alkanes of at least 4 members (excludes halogenated alkanes) is 13. The maximum atomic E-state index is 2.29. The van der Waals surface area contributed by atoms with Crippen LogP contribution in [0.15, 0.2) is 0 Å². The predicted molar refractivity (Wildman–Crippen MR) is 109 cm³/mol. The van der Waals surface area contributed by atoms with E-state index < -0.39 is 0 Å². The van der Waals surface area contributed by atoms with Gasteiger partial charge in [0.25, 0.3) is 0 Å². The molecule has 0 aromatic rings. The van der Waals surface area contributed by atoms with Crippen LogP contribution in [0, 0.1) is 0 Å². The zero-order valence-corrected chi connectivity index (χ0v) is 17.9. The number of hydrogen-bond acceptors (Lipinski definition) is 1. The van der Waals surface area contributed by atoms with Gasteiger partial charge in [-0.2, -0.15) is 0 Å². The van der Waals surface area contributed by atoms with Crippen LogP contribution < -0.4 is 6.15 Å². The molecule has 0 saturated carbocycles. The number of rotatable bonds is 15. The first-order valence-electron chi connectivity index (χ1n) is 9.36. The van der Waals surface area contributed by atoms with Gasteiger partial charge in [-0.05, 0) is 12.8 Å². The molecule has 3 N–H and O–H groups in total. The minimum atomic E-state index is 0. The van der Waals surface area contributed by atoms with Crippen molar-refractivity contribution in [2.45, 2.75) is 96.8 Å². The van der Waals surface area contributed by atoms with Gasteiger partial charge in [0.2, 0.25) is 0 Å². The fourth-order valence-electron chi connectivity index (χ4n) is 2.78. The minimum absolute atomic E-state index is 0. The molecule has 0 fully saturated rings. The maximum absolute atomic E-state index is 2.29. The Morgan fingerprint density at radius 3 is 1.05 bits per heavy atom. The molecule has 0 radical (unpaired) electrons. The lowest BCUT2D eigenvalue weighted by Gasteiger charge is -2.23. The fourth-order valence-corrected chi connectivity index (χ4v) is 2.78. The first kappa shape index (κ1) is 27.3. The number of hydrogen-bond donors (Lipinski definition) is 1. The molecule has 0 aromatic carbocycles. The van der Waals surface area contributed by atoms with E-state index >= 15 is 0 Å². The van der Waals surface area contributed by atoms with Gasteiger partial charge in [0.15, 0.2) is 0 Å². The molecule has 0 bridgehead atoms. The lowest BCUT2D eigenvalue weighted by molar-refractivity contribution is -0.870. The summed E-state index contributed by atoms with van der Waals surface area (Å²) in [5, 5.41) is 0. The number of halogens is 1. The van der Waals surface area contributed by atoms with Crippen molar-refractivity contribution in [1.29, 1.82) is 0 Å². The van der Waals surface area contributed by atoms with Crippen molar-refractivity contribution < 1.29 is 4.48 Å². The predicted octanol–water partition coefficient (Wildman–Crippen LogP) is 6.91. The fraction of sp³-hybridized carbons (Fsp3) is 1.00. The monoisotopic (exact) mass is 381 g/mol. The Kier molecular flexibility index (Phi) is 24.1. The zero-order valence-electron chi connectivity index (χ0n) is 16.2. The van der Waals surface area contributed by atoms with Crippen LogP contribution in [0.4, 0.5) is 0 Å². The van der Waals surface area contributed by atoms with Crippen LogP contribution in [0.5, 0.6) is 0 Å². The SMILES string of the molecule is Br.CCCCCCCCCCCCCCCC[N+](C)(C)C.N. The third kappa shape index (κ3) is 25.4. The Hall–Kier alpha value is 0.400. The lowest BCUT2D eigenvalue weighted by atomic mass is 10.0. The van der Waals surface area contributed by atoms with E-state index in [1.165, 1.54) is 96.4 Å². The summed E-state index contributed by atoms with van der Waals surface area (Å²) in [7, 11) is 6.88. The summed E-state index contributed by atoms with van der Waals surface area (Å²) in [5.41, 5.74) is 0. The Morgan fingerprint density at radius 1 is 0.500 bits per heavy atom. The van der Waals surface area contributed by atoms with Gasteiger partial charge < -0.3 is 10.6 Å². The van der Waals surface area contributed by atoms with Crippen molar-refractivity contribution in [3.8, 4) is 0 Å². The summed E-state index contributed by atoms with van der Waals surface area (Å²) >= 11 is 0. The third-order valence-electron chi connectivity index (χ3n) is 4.18. The van der Waals surface area contributed by atoms with Gasteiger partial charge in [0.1, 0.15) is 0 Å². The van der Waals surface area contributed by atoms with Crippen molar-refractivity contribution in [1.82, 2.24) is 6.15 Å². The van der Waals surface area contributed by atoms with E-state index in [-0.39, 0.29) is 23.1 Å². The molecule has 0 aromatic heterocycles. The van der Waals surface area contributed by atoms with E-state index in [0.29, 0.717) is 0 Å². The van der Waals surface area contributed by atoms with E-state index in [4.69, 9.17) is 0 Å². The van der Waals surface area contributed by atoms with Crippen molar-refractivity contribution in [2.75, 3.05) is 27.7 Å². The van der Waals surface area contributed by atoms with Crippen LogP contribution >= 0.6 is 17.0 Å². The summed E-state index contributed by atoms with van der Waals surface area (Å²) in [6.45, 7) is 3.63. The number of quaternary nitrogens is 1. The van der Waals surface area contributed by atoms with Gasteiger partial charge in [-0.25, -0.2) is 0 Å². The molecule has 3 heteroatoms. The second kappa shape index (κ2) is 19.4. The van der Waals surface area contributed by atoms with Crippen LogP contribution in [-0.4, -0.2) is 32.2 Å². The first-order chi connectivity index (χ1) is 9.56. The third-order valence-corrected chi connectivity index (χ3v) is 4.18. The average molecular weight is 382 g/mol. The van der Waals surface area contributed by atoms with Gasteiger partial charge in [-0.3, -0.25) is 0 Å². The molecule has 22 heavy (non-hydrogen) atoms. The molecule has 0 aliphatic carbocycles. The van der Waals surface area contributed by atoms with Gasteiger partial charge >= 0.3 is 0 Å². The standard InChI is InChI=1S/C19H42N.BrH.H3N/c1-5-6-7-8-9-10-11-12-13-14-15-16-17-18-19-20(2,3)4;;/h5-19H2,1-4H3;1H;1H3/q+1;;. The smallest absolute Gasteiger partial charge is 0.0780 e. The molecule has 0 aliphatic heterocycles. The molecular weight excluding hydrogens is 336 g/mol. The molecule has 0 spiro atoms. The van der Waals surface area contributed by atoms with Gasteiger partial charge in [-0.1, -0.05) is 84.0 Å². The van der Waals surface area contributed by atoms with Crippen molar-refractivity contribution in [3.05, 3.63) is 0 Å². The molecule has 138 valence electrons. The van der Waals surface area contributed by atoms with Crippen LogP contribution in [0.3, 0.4) is 0 Å². The summed E-state index contributed by atoms with van der Waals surface area (Å²) in [4.78, 5) is 0. The minimum Gasteiger partial charge on any atom is -0.344 e. The van der Waals surface area contributed by atoms with Crippen LogP contribution in [0.25, 0.3) is 0 Å². The maximum Gasteiger partial charge on any atom is 0.0780 e. The molecule has 0 unspecified atom stereocenters. The molecule has 2 nitrogen and oxygen atoms in total. The topological polar surface area (TPSA) is 35.0 Å². The van der Waals surface area contributed by atoms with E-state index in [0.717, 1.165) is 4.48 Å². The summed E-state index contributed by atoms with van der Waals surface area (Å²) < 4.78 is 1.12. The largest absolute Gasteiger partial charge is 0.344 e. The molecule has 0 saturated heterocycles. The Bertz CT molecular complexity index is 190. The summed E-state index contributed by atoms with van der Waals surface area (Å²) in [6, 6.07) is 0. The first-order valence-corrected chi connectivity index (χ1v) is 9.36. The zero-order chi connectivity index (χ0) is 15.1. The molecule has 0 heterocycles. The molecule has 0 amide bonds. The second-order valence-corrected chi connectivity index (χ2v) is 7.61. The van der Waals surface area contributed by atoms with Crippen LogP contribution in [0.1, 0.15) is 96.8 Å². The summed E-state index contributed by atoms with van der Waals surface area (Å²) in [6.07, 6.45) is 20.4. The molecule has 0 atom stereocenters. The highest BCUT2D eigenvalue weighted by Crippen LogP contribution is 2.13. The van der Waals surface area contributed by atoms with Gasteiger partial charge in [0.05, 0.1) is 27.7 Å². The van der Waals surface area contributed by atoms with Crippen molar-refractivity contribution in [3.63, 3.8) is 0 Å². The molecule has 0 rings (SSSR count). The van der Waals surface area contributed by atoms with Crippen molar-refractivity contribution >= 4 is 17.0 Å². The van der Waals surface area contributed by atoms with Gasteiger partial charge in [0, 0.05) is 0 Å². The Labute approximate surface area is 152 Å². The quantitative estimate of drug-likeness (QED) is 0.242.